The molecule has 0 amide bonds. The van der Waals surface area contributed by atoms with Gasteiger partial charge in [-0.2, -0.15) is 0 Å². The van der Waals surface area contributed by atoms with E-state index in [1.54, 1.807) is 0 Å². The average Bonchev–Trinajstić information content (AvgIpc) is 3.23. The molecule has 0 aromatic rings. The van der Waals surface area contributed by atoms with E-state index in [0.717, 1.165) is 25.0 Å². The molecule has 0 aliphatic heterocycles. The molecule has 2 bridgehead atoms. The molecule has 4 atom stereocenters. The zero-order valence-electron chi connectivity index (χ0n) is 13.7. The first-order valence-electron chi connectivity index (χ1n) is 8.37. The van der Waals surface area contributed by atoms with Gasteiger partial charge in [-0.05, 0) is 37.5 Å². The van der Waals surface area contributed by atoms with Crippen LogP contribution in [0.5, 0.6) is 0 Å². The summed E-state index contributed by atoms with van der Waals surface area (Å²) < 4.78 is 11.2. The van der Waals surface area contributed by atoms with E-state index in [4.69, 9.17) is 9.47 Å². The van der Waals surface area contributed by atoms with E-state index >= 15 is 0 Å². The highest BCUT2D eigenvalue weighted by molar-refractivity contribution is 5.83. The van der Waals surface area contributed by atoms with Crippen LogP contribution < -0.4 is 0 Å². The van der Waals surface area contributed by atoms with E-state index in [9.17, 15) is 19.8 Å². The highest BCUT2D eigenvalue weighted by atomic mass is 16.7. The number of hydrogen-bond acceptors (Lipinski definition) is 6. The van der Waals surface area contributed by atoms with Gasteiger partial charge in [-0.3, -0.25) is 0 Å². The first-order chi connectivity index (χ1) is 11.4. The van der Waals surface area contributed by atoms with E-state index in [2.05, 4.69) is 13.2 Å². The predicted octanol–water partition coefficient (Wildman–Crippen LogP) is 1.32. The number of fused-ring (bicyclic) bond motifs is 5. The molecule has 0 aromatic heterocycles. The topological polar surface area (TPSA) is 93.1 Å². The molecule has 0 spiro atoms. The normalized spacial score (nSPS) is 38.4. The van der Waals surface area contributed by atoms with Crippen molar-refractivity contribution in [2.75, 3.05) is 13.2 Å². The van der Waals surface area contributed by atoms with Gasteiger partial charge in [-0.15, -0.1) is 0 Å². The van der Waals surface area contributed by atoms with Gasteiger partial charge in [0.25, 0.3) is 5.79 Å². The van der Waals surface area contributed by atoms with Gasteiger partial charge in [0.15, 0.2) is 0 Å². The summed E-state index contributed by atoms with van der Waals surface area (Å²) in [6.45, 7) is 6.36. The molecule has 2 N–H and O–H groups in total. The van der Waals surface area contributed by atoms with Crippen LogP contribution in [0.3, 0.4) is 0 Å². The van der Waals surface area contributed by atoms with Crippen LogP contribution in [-0.4, -0.2) is 41.2 Å². The SMILES string of the molecule is C=CC(=O)OC1(OC(=O)C=C)CCC2C3CCC(CO)(C3)C21CO. The maximum atomic E-state index is 12.0. The Morgan fingerprint density at radius 1 is 1.04 bits per heavy atom. The van der Waals surface area contributed by atoms with Gasteiger partial charge in [-0.25, -0.2) is 9.59 Å². The Hall–Kier alpha value is -1.66. The van der Waals surface area contributed by atoms with Crippen molar-refractivity contribution < 1.29 is 29.3 Å². The Morgan fingerprint density at radius 2 is 1.67 bits per heavy atom. The molecular formula is C18H24O6. The number of carbonyl (C=O) groups is 2. The first-order valence-corrected chi connectivity index (χ1v) is 8.37. The molecule has 0 radical (unpaired) electrons. The summed E-state index contributed by atoms with van der Waals surface area (Å²) in [5, 5.41) is 20.6. The third-order valence-corrected chi connectivity index (χ3v) is 6.68. The van der Waals surface area contributed by atoms with E-state index in [-0.39, 0.29) is 19.1 Å². The van der Waals surface area contributed by atoms with Crippen LogP contribution in [0.1, 0.15) is 32.1 Å². The molecule has 3 aliphatic rings. The molecule has 3 aliphatic carbocycles. The average molecular weight is 336 g/mol. The van der Waals surface area contributed by atoms with Crippen molar-refractivity contribution in [3.63, 3.8) is 0 Å². The van der Waals surface area contributed by atoms with Gasteiger partial charge in [0.05, 0.1) is 12.0 Å². The quantitative estimate of drug-likeness (QED) is 0.432. The van der Waals surface area contributed by atoms with Crippen molar-refractivity contribution in [3.8, 4) is 0 Å². The van der Waals surface area contributed by atoms with Crippen molar-refractivity contribution in [2.24, 2.45) is 22.7 Å². The van der Waals surface area contributed by atoms with Crippen LogP contribution in [0.4, 0.5) is 0 Å². The molecular weight excluding hydrogens is 312 g/mol. The Labute approximate surface area is 141 Å². The van der Waals surface area contributed by atoms with Crippen LogP contribution >= 0.6 is 0 Å². The second kappa shape index (κ2) is 5.70. The number of aliphatic hydroxyl groups is 2. The molecule has 0 aromatic carbocycles. The van der Waals surface area contributed by atoms with Crippen molar-refractivity contribution in [3.05, 3.63) is 25.3 Å². The van der Waals surface area contributed by atoms with Crippen molar-refractivity contribution in [2.45, 2.75) is 37.9 Å². The standard InChI is InChI=1S/C18H24O6/c1-3-14(21)23-18(24-15(22)4-2)8-6-13-12-5-7-16(9-12,10-19)17(13,18)11-20/h3-4,12-13,19-20H,1-2,5-11H2. The summed E-state index contributed by atoms with van der Waals surface area (Å²) in [6, 6.07) is 0. The van der Waals surface area contributed by atoms with Gasteiger partial charge in [-0.1, -0.05) is 13.2 Å². The Morgan fingerprint density at radius 3 is 2.17 bits per heavy atom. The highest BCUT2D eigenvalue weighted by Crippen LogP contribution is 2.76. The maximum Gasteiger partial charge on any atom is 0.333 e. The summed E-state index contributed by atoms with van der Waals surface area (Å²) >= 11 is 0. The molecule has 132 valence electrons. The third-order valence-electron chi connectivity index (χ3n) is 6.68. The maximum absolute atomic E-state index is 12.0. The molecule has 3 rings (SSSR count). The lowest BCUT2D eigenvalue weighted by Gasteiger charge is -2.53. The van der Waals surface area contributed by atoms with Crippen LogP contribution in [-0.2, 0) is 19.1 Å². The molecule has 4 unspecified atom stereocenters. The lowest BCUT2D eigenvalue weighted by Crippen LogP contribution is -2.62. The molecule has 6 heteroatoms. The fourth-order valence-electron chi connectivity index (χ4n) is 5.85. The molecule has 6 nitrogen and oxygen atoms in total. The number of aliphatic hydroxyl groups excluding tert-OH is 2. The number of esters is 2. The molecule has 3 fully saturated rings. The number of hydrogen-bond donors (Lipinski definition) is 2. The van der Waals surface area contributed by atoms with Crippen LogP contribution in [0.2, 0.25) is 0 Å². The van der Waals surface area contributed by atoms with E-state index in [1.807, 2.05) is 0 Å². The molecule has 24 heavy (non-hydrogen) atoms. The lowest BCUT2D eigenvalue weighted by molar-refractivity contribution is -0.296. The minimum Gasteiger partial charge on any atom is -0.419 e. The van der Waals surface area contributed by atoms with Crippen LogP contribution in [0.15, 0.2) is 25.3 Å². The summed E-state index contributed by atoms with van der Waals surface area (Å²) in [5.74, 6) is -2.65. The number of ether oxygens (including phenoxy) is 2. The minimum absolute atomic E-state index is 0.0404. The predicted molar refractivity (Wildman–Crippen MR) is 84.4 cm³/mol. The highest BCUT2D eigenvalue weighted by Gasteiger charge is 2.79. The van der Waals surface area contributed by atoms with Crippen LogP contribution in [0.25, 0.3) is 0 Å². The fraction of sp³-hybridized carbons (Fsp3) is 0.667. The summed E-state index contributed by atoms with van der Waals surface area (Å²) in [7, 11) is 0. The summed E-state index contributed by atoms with van der Waals surface area (Å²) in [5.41, 5.74) is -1.61. The van der Waals surface area contributed by atoms with Gasteiger partial charge in [0.2, 0.25) is 0 Å². The zero-order chi connectivity index (χ0) is 17.6. The molecule has 0 saturated heterocycles. The van der Waals surface area contributed by atoms with E-state index < -0.39 is 28.6 Å². The lowest BCUT2D eigenvalue weighted by atomic mass is 9.57. The molecule has 3 saturated carbocycles. The second-order valence-corrected chi connectivity index (χ2v) is 7.22. The summed E-state index contributed by atoms with van der Waals surface area (Å²) in [4.78, 5) is 24.0. The van der Waals surface area contributed by atoms with Gasteiger partial charge < -0.3 is 19.7 Å². The monoisotopic (exact) mass is 336 g/mol. The first kappa shape index (κ1) is 17.2. The third kappa shape index (κ3) is 1.90. The number of carbonyl (C=O) groups excluding carboxylic acids is 2. The van der Waals surface area contributed by atoms with Gasteiger partial charge >= 0.3 is 11.9 Å². The second-order valence-electron chi connectivity index (χ2n) is 7.22. The smallest absolute Gasteiger partial charge is 0.333 e. The van der Waals surface area contributed by atoms with Gasteiger partial charge in [0.1, 0.15) is 0 Å². The Balaban J connectivity index is 2.13. The van der Waals surface area contributed by atoms with Crippen molar-refractivity contribution in [1.82, 2.24) is 0 Å². The van der Waals surface area contributed by atoms with Crippen molar-refractivity contribution >= 4 is 11.9 Å². The zero-order valence-corrected chi connectivity index (χ0v) is 13.7. The van der Waals surface area contributed by atoms with Gasteiger partial charge in [0, 0.05) is 30.6 Å². The largest absolute Gasteiger partial charge is 0.419 e. The summed E-state index contributed by atoms with van der Waals surface area (Å²) in [6.07, 6.45) is 5.42. The van der Waals surface area contributed by atoms with E-state index in [0.29, 0.717) is 25.2 Å². The van der Waals surface area contributed by atoms with Crippen molar-refractivity contribution in [1.29, 1.82) is 0 Å². The van der Waals surface area contributed by atoms with Crippen LogP contribution in [0, 0.1) is 22.7 Å². The Bertz CT molecular complexity index is 562. The number of rotatable bonds is 6. The molecule has 0 heterocycles. The fourth-order valence-corrected chi connectivity index (χ4v) is 5.85. The minimum atomic E-state index is -1.60. The van der Waals surface area contributed by atoms with E-state index in [1.165, 1.54) is 0 Å². The Kier molecular flexibility index (Phi) is 4.08.